The molecular formula is C34H30BrClNOP. The van der Waals surface area contributed by atoms with Crippen LogP contribution in [0.4, 0.5) is 0 Å². The molecule has 0 fully saturated rings. The average Bonchev–Trinajstić information content (AvgIpc) is 2.99. The molecule has 0 amide bonds. The van der Waals surface area contributed by atoms with E-state index in [-0.39, 0.29) is 0 Å². The summed E-state index contributed by atoms with van der Waals surface area (Å²) in [4.78, 5) is 0. The van der Waals surface area contributed by atoms with Crippen LogP contribution >= 0.6 is 32.5 Å². The molecule has 0 atom stereocenters. The molecule has 5 heteroatoms. The van der Waals surface area contributed by atoms with Crippen molar-refractivity contribution in [3.63, 3.8) is 0 Å². The van der Waals surface area contributed by atoms with Crippen LogP contribution in [0.3, 0.4) is 0 Å². The van der Waals surface area contributed by atoms with E-state index in [2.05, 4.69) is 125 Å². The predicted octanol–water partition coefficient (Wildman–Crippen LogP) is 8.92. The van der Waals surface area contributed by atoms with Crippen LogP contribution in [0.2, 0.25) is 5.02 Å². The van der Waals surface area contributed by atoms with Gasteiger partial charge in [-0.25, -0.2) is 0 Å². The van der Waals surface area contributed by atoms with Gasteiger partial charge in [-0.1, -0.05) is 0 Å². The first-order valence-corrected chi connectivity index (χ1v) is 17.3. The molecule has 5 aromatic rings. The van der Waals surface area contributed by atoms with E-state index in [4.69, 9.17) is 16.3 Å². The molecule has 5 rings (SSSR count). The summed E-state index contributed by atoms with van der Waals surface area (Å²) in [5.74, 6) is 1.35. The van der Waals surface area contributed by atoms with Crippen LogP contribution in [0.1, 0.15) is 11.1 Å². The number of halogens is 2. The molecule has 0 aromatic heterocycles. The molecule has 0 N–H and O–H groups in total. The third kappa shape index (κ3) is 4.97. The molecule has 0 spiro atoms. The quantitative estimate of drug-likeness (QED) is 0.128. The zero-order chi connectivity index (χ0) is 27.3. The van der Waals surface area contributed by atoms with Gasteiger partial charge in [-0.3, -0.25) is 0 Å². The monoisotopic (exact) mass is 613 g/mol. The van der Waals surface area contributed by atoms with E-state index in [1.165, 1.54) is 10.6 Å². The fraction of sp³-hybridized carbons (Fsp3) is 0.0588. The van der Waals surface area contributed by atoms with Crippen molar-refractivity contribution in [1.29, 1.82) is 0 Å². The molecule has 0 heterocycles. The van der Waals surface area contributed by atoms with Gasteiger partial charge in [-0.2, -0.15) is 0 Å². The molecule has 5 aromatic carbocycles. The van der Waals surface area contributed by atoms with Gasteiger partial charge in [0.05, 0.1) is 0 Å². The molecule has 0 aliphatic heterocycles. The molecular weight excluding hydrogens is 585 g/mol. The Bertz CT molecular complexity index is 1540. The van der Waals surface area contributed by atoms with Crippen LogP contribution in [0.15, 0.2) is 133 Å². The first kappa shape index (κ1) is 27.4. The fourth-order valence-corrected chi connectivity index (χ4v) is 12.2. The van der Waals surface area contributed by atoms with Crippen LogP contribution in [0, 0.1) is 0 Å². The molecule has 0 bridgehead atoms. The van der Waals surface area contributed by atoms with Gasteiger partial charge in [0.15, 0.2) is 0 Å². The summed E-state index contributed by atoms with van der Waals surface area (Å²) in [6.45, 7) is 0. The molecule has 39 heavy (non-hydrogen) atoms. The van der Waals surface area contributed by atoms with Crippen molar-refractivity contribution in [2.45, 2.75) is 0 Å². The number of nitrogens with zero attached hydrogens (tertiary/aromatic N) is 1. The zero-order valence-corrected chi connectivity index (χ0v) is 25.2. The summed E-state index contributed by atoms with van der Waals surface area (Å²) >= 11 is 11.5. The Morgan fingerprint density at radius 3 is 1.64 bits per heavy atom. The minimum absolute atomic E-state index is 0.549. The standard InChI is InChI=1S/C34H30BrClNOP/c1-37(2)39(35,29-19-11-5-12-20-29,30-21-13-6-14-22-30)33-26-25-32(36)34(38-28-17-9-4-10-18-28)31(33)24-23-27-15-7-3-8-16-27/h3-26H,1-2H3. The van der Waals surface area contributed by atoms with Crippen LogP contribution in [0.5, 0.6) is 11.5 Å². The third-order valence-electron chi connectivity index (χ3n) is 6.98. The summed E-state index contributed by atoms with van der Waals surface area (Å²) in [5, 5.41) is 4.02. The van der Waals surface area contributed by atoms with Crippen molar-refractivity contribution in [3.05, 3.63) is 150 Å². The van der Waals surface area contributed by atoms with Gasteiger partial charge < -0.3 is 0 Å². The van der Waals surface area contributed by atoms with E-state index >= 15 is 0 Å². The van der Waals surface area contributed by atoms with Crippen molar-refractivity contribution in [1.82, 2.24) is 4.67 Å². The van der Waals surface area contributed by atoms with Crippen molar-refractivity contribution in [3.8, 4) is 11.5 Å². The van der Waals surface area contributed by atoms with Crippen molar-refractivity contribution in [2.24, 2.45) is 0 Å². The molecule has 0 radical (unpaired) electrons. The van der Waals surface area contributed by atoms with Gasteiger partial charge in [0, 0.05) is 0 Å². The van der Waals surface area contributed by atoms with Crippen molar-refractivity contribution in [2.75, 3.05) is 14.1 Å². The Kier molecular flexibility index (Phi) is 8.07. The number of hydrogen-bond acceptors (Lipinski definition) is 2. The van der Waals surface area contributed by atoms with Crippen molar-refractivity contribution >= 4 is 60.6 Å². The second-order valence-corrected chi connectivity index (χ2v) is 18.2. The minimum atomic E-state index is -3.43. The molecule has 0 unspecified atom stereocenters. The van der Waals surface area contributed by atoms with E-state index in [0.717, 1.165) is 22.2 Å². The van der Waals surface area contributed by atoms with Gasteiger partial charge in [-0.05, 0) is 0 Å². The van der Waals surface area contributed by atoms with Gasteiger partial charge in [0.2, 0.25) is 0 Å². The maximum absolute atomic E-state index is 6.93. The summed E-state index contributed by atoms with van der Waals surface area (Å²) in [6, 6.07) is 45.5. The van der Waals surface area contributed by atoms with E-state index in [1.807, 2.05) is 54.6 Å². The second kappa shape index (κ2) is 11.5. The Morgan fingerprint density at radius 1 is 0.641 bits per heavy atom. The van der Waals surface area contributed by atoms with E-state index in [1.54, 1.807) is 0 Å². The van der Waals surface area contributed by atoms with E-state index in [0.29, 0.717) is 10.8 Å². The molecule has 0 aliphatic carbocycles. The Labute approximate surface area is 244 Å². The summed E-state index contributed by atoms with van der Waals surface area (Å²) in [5.41, 5.74) is -1.41. The number of hydrogen-bond donors (Lipinski definition) is 0. The average molecular weight is 615 g/mol. The Hall–Kier alpha value is -3.20. The van der Waals surface area contributed by atoms with Gasteiger partial charge in [0.25, 0.3) is 0 Å². The SMILES string of the molecule is CN(C)P(Br)(c1ccccc1)(c1ccccc1)c1ccc(Cl)c(Oc2ccccc2)c1C=Cc1ccccc1. The number of ether oxygens (including phenoxy) is 1. The fourth-order valence-electron chi connectivity index (χ4n) is 5.04. The van der Waals surface area contributed by atoms with Gasteiger partial charge in [0.1, 0.15) is 0 Å². The zero-order valence-electron chi connectivity index (χ0n) is 21.9. The van der Waals surface area contributed by atoms with E-state index < -0.39 is 5.46 Å². The molecule has 0 saturated carbocycles. The molecule has 0 saturated heterocycles. The van der Waals surface area contributed by atoms with E-state index in [9.17, 15) is 0 Å². The number of para-hydroxylation sites is 1. The summed E-state index contributed by atoms with van der Waals surface area (Å²) < 4.78 is 8.90. The van der Waals surface area contributed by atoms with Gasteiger partial charge in [-0.15, -0.1) is 0 Å². The molecule has 196 valence electrons. The molecule has 0 aliphatic rings. The predicted molar refractivity (Wildman–Crippen MR) is 175 cm³/mol. The topological polar surface area (TPSA) is 12.5 Å². The molecule has 2 nitrogen and oxygen atoms in total. The van der Waals surface area contributed by atoms with Crippen LogP contribution in [-0.4, -0.2) is 18.8 Å². The number of benzene rings is 5. The van der Waals surface area contributed by atoms with Crippen LogP contribution < -0.4 is 20.7 Å². The normalized spacial score (nSPS) is 12.8. The Balaban J connectivity index is 1.89. The van der Waals surface area contributed by atoms with Crippen LogP contribution in [0.25, 0.3) is 12.2 Å². The second-order valence-electron chi connectivity index (χ2n) is 9.45. The third-order valence-corrected chi connectivity index (χ3v) is 18.0. The van der Waals surface area contributed by atoms with Gasteiger partial charge >= 0.3 is 245 Å². The van der Waals surface area contributed by atoms with Crippen LogP contribution in [-0.2, 0) is 0 Å². The number of rotatable bonds is 8. The first-order chi connectivity index (χ1) is 18.9. The van der Waals surface area contributed by atoms with Crippen molar-refractivity contribution < 1.29 is 4.74 Å². The Morgan fingerprint density at radius 2 is 1.13 bits per heavy atom. The maximum atomic E-state index is 6.93. The summed E-state index contributed by atoms with van der Waals surface area (Å²) in [7, 11) is 4.28. The summed E-state index contributed by atoms with van der Waals surface area (Å²) in [6.07, 6.45) is 4.25. The first-order valence-electron chi connectivity index (χ1n) is 12.7.